The minimum atomic E-state index is -0.267. The first-order valence-corrected chi connectivity index (χ1v) is 37.6. The highest BCUT2D eigenvalue weighted by molar-refractivity contribution is 7.81. The Balaban J connectivity index is -0.00000113. The molecule has 11 N–H and O–H groups in total. The lowest BCUT2D eigenvalue weighted by Gasteiger charge is -2.30. The zero-order valence-corrected chi connectivity index (χ0v) is 73.4. The molecule has 8 saturated heterocycles. The van der Waals surface area contributed by atoms with Crippen LogP contribution in [0.15, 0.2) is 81.7 Å². The van der Waals surface area contributed by atoms with E-state index in [2.05, 4.69) is 83.9 Å². The number of nitrogens with zero attached hydrogens (tertiary/aromatic N) is 5. The van der Waals surface area contributed by atoms with Gasteiger partial charge in [-0.1, -0.05) is 53.7 Å². The fourth-order valence-electron chi connectivity index (χ4n) is 8.02. The van der Waals surface area contributed by atoms with E-state index >= 15 is 0 Å². The largest absolute Gasteiger partial charge is 0.353 e. The normalized spacial score (nSPS) is 17.9. The van der Waals surface area contributed by atoms with Gasteiger partial charge in [-0.15, -0.1) is 13.2 Å². The average Bonchev–Trinajstić information content (AvgIpc) is 1.35. The van der Waals surface area contributed by atoms with Gasteiger partial charge in [0.15, 0.2) is 40.9 Å². The first-order chi connectivity index (χ1) is 49.2. The summed E-state index contributed by atoms with van der Waals surface area (Å²) in [6.45, 7) is 56.2. The number of hydrogen-bond donors (Lipinski definition) is 11. The summed E-state index contributed by atoms with van der Waals surface area (Å²) in [4.78, 5) is 127. The van der Waals surface area contributed by atoms with Crippen molar-refractivity contribution in [1.82, 2.24) is 83.0 Å². The molecule has 0 spiro atoms. The quantitative estimate of drug-likeness (QED) is 0.0552. The van der Waals surface area contributed by atoms with Crippen LogP contribution in [0, 0.1) is 0 Å². The maximum absolute atomic E-state index is 12.1. The molecule has 0 aromatic carbocycles. The minimum absolute atomic E-state index is 0.00755. The van der Waals surface area contributed by atoms with E-state index in [0.29, 0.717) is 115 Å². The molecule has 8 amide bonds. The van der Waals surface area contributed by atoms with E-state index in [1.54, 1.807) is 40.7 Å². The molecule has 8 rings (SSSR count). The van der Waals surface area contributed by atoms with Crippen LogP contribution in [0.5, 0.6) is 0 Å². The molecule has 8 aliphatic heterocycles. The Morgan fingerprint density at radius 3 is 0.879 bits per heavy atom. The lowest BCUT2D eigenvalue weighted by molar-refractivity contribution is -0.128. The summed E-state index contributed by atoms with van der Waals surface area (Å²) in [5.41, 5.74) is 7.48. The van der Waals surface area contributed by atoms with Gasteiger partial charge in [0.25, 0.3) is 29.5 Å². The first-order valence-electron chi connectivity index (χ1n) is 34.3. The van der Waals surface area contributed by atoms with Crippen LogP contribution in [0.25, 0.3) is 0 Å². The van der Waals surface area contributed by atoms with Crippen LogP contribution in [-0.2, 0) is 52.7 Å². The van der Waals surface area contributed by atoms with Crippen LogP contribution >= 0.6 is 97.7 Å². The van der Waals surface area contributed by atoms with E-state index in [1.807, 2.05) is 145 Å². The van der Waals surface area contributed by atoms with Crippen LogP contribution in [-0.4, -0.2) is 179 Å². The average molecular weight is 1640 g/mol. The fourth-order valence-corrected chi connectivity index (χ4v) is 10.5. The summed E-state index contributed by atoms with van der Waals surface area (Å²) < 4.78 is 0. The number of nitrogens with one attached hydrogen (secondary N) is 11. The lowest BCUT2D eigenvalue weighted by Crippen LogP contribution is -2.45. The van der Waals surface area contributed by atoms with Gasteiger partial charge in [0.1, 0.15) is 45.8 Å². The van der Waals surface area contributed by atoms with Crippen molar-refractivity contribution in [3.05, 3.63) is 81.7 Å². The Kier molecular flexibility index (Phi) is 48.2. The van der Waals surface area contributed by atoms with Gasteiger partial charge in [-0.25, -0.2) is 0 Å². The molecular formula is C72H114N16O11S8. The third-order valence-corrected chi connectivity index (χ3v) is 16.7. The fraction of sp³-hybridized carbons (Fsp3) is 0.542. The number of thiocarbonyl (C=S) groups is 8. The molecule has 35 heteroatoms. The van der Waals surface area contributed by atoms with Crippen LogP contribution < -0.4 is 58.5 Å². The predicted molar refractivity (Wildman–Crippen MR) is 457 cm³/mol. The number of carbonyl (C=O) groups is 11. The Morgan fingerprint density at radius 2 is 0.682 bits per heavy atom. The Morgan fingerprint density at radius 1 is 0.364 bits per heavy atom. The van der Waals surface area contributed by atoms with Crippen molar-refractivity contribution in [2.24, 2.45) is 0 Å². The van der Waals surface area contributed by atoms with Crippen molar-refractivity contribution in [3.63, 3.8) is 0 Å². The van der Waals surface area contributed by atoms with Gasteiger partial charge < -0.3 is 62.2 Å². The SMILES string of the molecule is C=CCN1C(=O)C(=C(C)C)NC1=S.C=CCN1C(=O)CNC1=S.CC(C)(C)N1C(=O)CNC1=S.CC(C)=O.CC/C(C)=C1/NC(=S)N(C(C)(C)C)C1=O.CC/C(C)=C1/NC(=S)NC1=O.CC/C(C)=C1\NC(=S)N(C(C)(C)C)C1=O.CC/C(C)=C1\NC(=S)NC1=O.CCC(C)=O.CCC(C)=O.O=C1CNC(=S)N1. The summed E-state index contributed by atoms with van der Waals surface area (Å²) in [5.74, 6) is 0.389. The number of allylic oxidation sites excluding steroid dienone is 5. The summed E-state index contributed by atoms with van der Waals surface area (Å²) in [6, 6.07) is 0. The third-order valence-electron chi connectivity index (χ3n) is 14.4. The molecule has 8 aliphatic rings. The summed E-state index contributed by atoms with van der Waals surface area (Å²) in [6.07, 6.45) is 8.07. The van der Waals surface area contributed by atoms with E-state index in [0.717, 1.165) is 53.5 Å². The zero-order valence-electron chi connectivity index (χ0n) is 66.8. The molecule has 0 aromatic rings. The maximum atomic E-state index is 12.1. The summed E-state index contributed by atoms with van der Waals surface area (Å²) in [7, 11) is 0. The molecule has 0 aromatic heterocycles. The molecule has 8 fully saturated rings. The topological polar surface area (TPSA) is 336 Å². The molecule has 8 heterocycles. The molecular weight excluding hydrogens is 1520 g/mol. The molecule has 596 valence electrons. The summed E-state index contributed by atoms with van der Waals surface area (Å²) >= 11 is 39.2. The monoisotopic (exact) mass is 1630 g/mol. The van der Waals surface area contributed by atoms with E-state index in [-0.39, 0.29) is 81.2 Å². The smallest absolute Gasteiger partial charge is 0.276 e. The van der Waals surface area contributed by atoms with Crippen molar-refractivity contribution < 1.29 is 52.7 Å². The second-order valence-electron chi connectivity index (χ2n) is 27.1. The van der Waals surface area contributed by atoms with Gasteiger partial charge in [-0.05, 0) is 283 Å². The molecule has 0 aliphatic carbocycles. The van der Waals surface area contributed by atoms with Crippen LogP contribution in [0.2, 0.25) is 0 Å². The van der Waals surface area contributed by atoms with Crippen molar-refractivity contribution in [3.8, 4) is 0 Å². The van der Waals surface area contributed by atoms with E-state index < -0.39 is 0 Å². The van der Waals surface area contributed by atoms with E-state index in [1.165, 1.54) is 23.6 Å². The maximum Gasteiger partial charge on any atom is 0.276 e. The van der Waals surface area contributed by atoms with Gasteiger partial charge in [0.05, 0.1) is 19.6 Å². The zero-order chi connectivity index (χ0) is 84.1. The Hall–Kier alpha value is -7.93. The number of ketones is 3. The Labute approximate surface area is 676 Å². The van der Waals surface area contributed by atoms with E-state index in [4.69, 9.17) is 85.5 Å². The second-order valence-corrected chi connectivity index (χ2v) is 30.3. The molecule has 107 heavy (non-hydrogen) atoms. The highest BCUT2D eigenvalue weighted by Crippen LogP contribution is 2.26. The predicted octanol–water partition coefficient (Wildman–Crippen LogP) is 8.85. The number of amides is 8. The van der Waals surface area contributed by atoms with Gasteiger partial charge in [0, 0.05) is 42.5 Å². The summed E-state index contributed by atoms with van der Waals surface area (Å²) in [5, 5.41) is 33.9. The molecule has 0 bridgehead atoms. The number of Topliss-reactive ketones (excluding diaryl/α,β-unsaturated/α-hetero) is 3. The van der Waals surface area contributed by atoms with E-state index in [9.17, 15) is 52.7 Å². The minimum Gasteiger partial charge on any atom is -0.353 e. The lowest BCUT2D eigenvalue weighted by atomic mass is 10.1. The molecule has 0 atom stereocenters. The standard InChI is InChI=1S/2C11H18N2OS.C9H12N2OS.C7H12N2OS.2C7H10N2OS.C6H8N2OS.2C4H8O.C3H4N2OS.C3H6O/c2*1-6-7(2)8-9(14)13(10(15)12-8)11(3,4)5;1-4-5-11-8(12)7(6(2)3)10-9(11)13;1-7(2,3)9-5(10)4-8-6(9)11;2*1-3-4(2)5-6(10)9-7(11)8-5;1-2-3-8-5(9)4-7-6(8)10;2*1-3-4(2)5;6-2-1-4-3(7)5-2;1-3(2)4/h2*6H2,1-5H3,(H,12,15);4H,1,5H2,2-3H3,(H,10,13);4H2,1-3H3,(H,8,11);2*3H2,1-2H3,(H2,8,9,10,11);2H,1,3-4H2,(H,7,10);2*3H2,1-2H3;1H2,(H2,4,5,6,7);1-2H3/b8-7+;8-7-;;;5-4+;5-4-;;;;;. The highest BCUT2D eigenvalue weighted by atomic mass is 32.1. The molecule has 0 radical (unpaired) electrons. The highest BCUT2D eigenvalue weighted by Gasteiger charge is 2.41. The van der Waals surface area contributed by atoms with Crippen molar-refractivity contribution in [2.45, 2.75) is 228 Å². The first kappa shape index (κ1) is 103. The number of rotatable bonds is 10. The number of carbonyl (C=O) groups excluding carboxylic acids is 11. The number of hydrogen-bond acceptors (Lipinski definition) is 19. The van der Waals surface area contributed by atoms with Gasteiger partial charge >= 0.3 is 0 Å². The molecule has 27 nitrogen and oxygen atoms in total. The van der Waals surface area contributed by atoms with Gasteiger partial charge in [0.2, 0.25) is 17.7 Å². The van der Waals surface area contributed by atoms with Crippen molar-refractivity contribution >= 4 is 203 Å². The molecule has 0 unspecified atom stereocenters. The van der Waals surface area contributed by atoms with Crippen LogP contribution in [0.4, 0.5) is 0 Å². The third kappa shape index (κ3) is 37.6. The van der Waals surface area contributed by atoms with Gasteiger partial charge in [-0.3, -0.25) is 73.5 Å². The van der Waals surface area contributed by atoms with Gasteiger partial charge in [-0.2, -0.15) is 0 Å². The van der Waals surface area contributed by atoms with Crippen molar-refractivity contribution in [1.29, 1.82) is 0 Å². The molecule has 0 saturated carbocycles. The van der Waals surface area contributed by atoms with Crippen LogP contribution in [0.1, 0.15) is 212 Å². The second kappa shape index (κ2) is 49.9. The van der Waals surface area contributed by atoms with Crippen LogP contribution in [0.3, 0.4) is 0 Å². The Bertz CT molecular complexity index is 3420. The van der Waals surface area contributed by atoms with Crippen molar-refractivity contribution in [2.75, 3.05) is 32.7 Å².